The summed E-state index contributed by atoms with van der Waals surface area (Å²) in [4.78, 5) is 0. The number of hydrogen-bond acceptors (Lipinski definition) is 2. The van der Waals surface area contributed by atoms with E-state index in [0.717, 1.165) is 25.4 Å². The first kappa shape index (κ1) is 16.2. The lowest BCUT2D eigenvalue weighted by Gasteiger charge is -2.32. The smallest absolute Gasteiger partial charge is 0.0492 e. The molecule has 0 unspecified atom stereocenters. The third-order valence-corrected chi connectivity index (χ3v) is 4.39. The molecule has 0 aromatic carbocycles. The highest BCUT2D eigenvalue weighted by Crippen LogP contribution is 2.31. The standard InChI is InChI=1S/C16H31N3/c1-6-16(7-2,13-17-12-14(3)4)10-8-15-9-11-18-19(15)5/h9,11,14,17H,6-8,10,12-13H2,1-5H3. The summed E-state index contributed by atoms with van der Waals surface area (Å²) in [5, 5.41) is 7.91. The molecule has 3 heteroatoms. The number of aromatic nitrogens is 2. The van der Waals surface area contributed by atoms with Crippen LogP contribution < -0.4 is 5.32 Å². The number of nitrogens with zero attached hydrogens (tertiary/aromatic N) is 2. The molecule has 19 heavy (non-hydrogen) atoms. The van der Waals surface area contributed by atoms with Crippen LogP contribution in [0.1, 0.15) is 52.7 Å². The van der Waals surface area contributed by atoms with Crippen LogP contribution in [-0.4, -0.2) is 22.9 Å². The molecular weight excluding hydrogens is 234 g/mol. The van der Waals surface area contributed by atoms with Gasteiger partial charge in [-0.1, -0.05) is 27.7 Å². The molecule has 1 aromatic heterocycles. The van der Waals surface area contributed by atoms with Gasteiger partial charge in [-0.3, -0.25) is 4.68 Å². The van der Waals surface area contributed by atoms with E-state index in [4.69, 9.17) is 0 Å². The SMILES string of the molecule is CCC(CC)(CCc1ccnn1C)CNCC(C)C. The minimum absolute atomic E-state index is 0.430. The summed E-state index contributed by atoms with van der Waals surface area (Å²) in [5.74, 6) is 0.725. The van der Waals surface area contributed by atoms with Gasteiger partial charge in [0.25, 0.3) is 0 Å². The predicted octanol–water partition coefficient (Wildman–Crippen LogP) is 3.40. The molecule has 0 aliphatic heterocycles. The van der Waals surface area contributed by atoms with Gasteiger partial charge in [-0.05, 0) is 49.6 Å². The van der Waals surface area contributed by atoms with Crippen molar-refractivity contribution in [2.45, 2.75) is 53.4 Å². The normalized spacial score (nSPS) is 12.3. The Bertz CT molecular complexity index is 351. The van der Waals surface area contributed by atoms with Gasteiger partial charge in [-0.25, -0.2) is 0 Å². The molecule has 0 atom stereocenters. The molecule has 1 rings (SSSR count). The van der Waals surface area contributed by atoms with Crippen molar-refractivity contribution in [1.82, 2.24) is 15.1 Å². The molecule has 0 aliphatic rings. The average molecular weight is 265 g/mol. The predicted molar refractivity (Wildman–Crippen MR) is 82.3 cm³/mol. The van der Waals surface area contributed by atoms with Gasteiger partial charge >= 0.3 is 0 Å². The highest BCUT2D eigenvalue weighted by molar-refractivity contribution is 5.01. The monoisotopic (exact) mass is 265 g/mol. The molecule has 110 valence electrons. The number of aryl methyl sites for hydroxylation is 2. The van der Waals surface area contributed by atoms with E-state index in [2.05, 4.69) is 44.2 Å². The van der Waals surface area contributed by atoms with Crippen LogP contribution in [0.2, 0.25) is 0 Å². The van der Waals surface area contributed by atoms with E-state index in [1.807, 2.05) is 17.9 Å². The molecule has 0 fully saturated rings. The highest BCUT2D eigenvalue weighted by Gasteiger charge is 2.25. The van der Waals surface area contributed by atoms with Gasteiger partial charge in [0.05, 0.1) is 0 Å². The maximum Gasteiger partial charge on any atom is 0.0492 e. The van der Waals surface area contributed by atoms with Gasteiger partial charge in [0.1, 0.15) is 0 Å². The summed E-state index contributed by atoms with van der Waals surface area (Å²) in [5.41, 5.74) is 1.77. The molecular formula is C16H31N3. The average Bonchev–Trinajstić information content (AvgIpc) is 2.79. The van der Waals surface area contributed by atoms with Crippen LogP contribution in [0.3, 0.4) is 0 Å². The Hall–Kier alpha value is -0.830. The zero-order chi connectivity index (χ0) is 14.3. The van der Waals surface area contributed by atoms with Gasteiger partial charge in [-0.15, -0.1) is 0 Å². The minimum Gasteiger partial charge on any atom is -0.316 e. The molecule has 0 bridgehead atoms. The summed E-state index contributed by atoms with van der Waals surface area (Å²) < 4.78 is 2.00. The van der Waals surface area contributed by atoms with Gasteiger partial charge < -0.3 is 5.32 Å². The first-order chi connectivity index (χ1) is 9.03. The second kappa shape index (κ2) is 7.68. The van der Waals surface area contributed by atoms with E-state index >= 15 is 0 Å². The molecule has 0 aliphatic carbocycles. The van der Waals surface area contributed by atoms with E-state index < -0.39 is 0 Å². The van der Waals surface area contributed by atoms with Crippen molar-refractivity contribution < 1.29 is 0 Å². The third kappa shape index (κ3) is 4.98. The van der Waals surface area contributed by atoms with Crippen LogP contribution in [0.25, 0.3) is 0 Å². The highest BCUT2D eigenvalue weighted by atomic mass is 15.2. The van der Waals surface area contributed by atoms with Gasteiger partial charge in [-0.2, -0.15) is 5.10 Å². The Kier molecular flexibility index (Phi) is 6.56. The maximum absolute atomic E-state index is 4.26. The largest absolute Gasteiger partial charge is 0.316 e. The van der Waals surface area contributed by atoms with Crippen molar-refractivity contribution in [2.75, 3.05) is 13.1 Å². The summed E-state index contributed by atoms with van der Waals surface area (Å²) in [6.07, 6.45) is 6.75. The van der Waals surface area contributed by atoms with Crippen LogP contribution in [0.5, 0.6) is 0 Å². The van der Waals surface area contributed by atoms with Gasteiger partial charge in [0.2, 0.25) is 0 Å². The van der Waals surface area contributed by atoms with Crippen LogP contribution in [-0.2, 0) is 13.5 Å². The fourth-order valence-corrected chi connectivity index (χ4v) is 2.61. The Morgan fingerprint density at radius 2 is 2.00 bits per heavy atom. The Balaban J connectivity index is 2.53. The van der Waals surface area contributed by atoms with Crippen molar-refractivity contribution in [2.24, 2.45) is 18.4 Å². The molecule has 1 heterocycles. The first-order valence-electron chi connectivity index (χ1n) is 7.70. The number of nitrogens with one attached hydrogen (secondary N) is 1. The lowest BCUT2D eigenvalue weighted by atomic mass is 9.77. The second-order valence-electron chi connectivity index (χ2n) is 6.18. The van der Waals surface area contributed by atoms with Crippen molar-refractivity contribution in [1.29, 1.82) is 0 Å². The Morgan fingerprint density at radius 3 is 2.47 bits per heavy atom. The fourth-order valence-electron chi connectivity index (χ4n) is 2.61. The van der Waals surface area contributed by atoms with Crippen LogP contribution in [0.4, 0.5) is 0 Å². The van der Waals surface area contributed by atoms with E-state index in [1.165, 1.54) is 25.0 Å². The van der Waals surface area contributed by atoms with Crippen LogP contribution >= 0.6 is 0 Å². The first-order valence-corrected chi connectivity index (χ1v) is 7.70. The molecule has 1 N–H and O–H groups in total. The van der Waals surface area contributed by atoms with Crippen LogP contribution in [0, 0.1) is 11.3 Å². The van der Waals surface area contributed by atoms with Gasteiger partial charge in [0.15, 0.2) is 0 Å². The Morgan fingerprint density at radius 1 is 1.32 bits per heavy atom. The third-order valence-electron chi connectivity index (χ3n) is 4.39. The zero-order valence-corrected chi connectivity index (χ0v) is 13.4. The van der Waals surface area contributed by atoms with Crippen molar-refractivity contribution in [3.8, 4) is 0 Å². The zero-order valence-electron chi connectivity index (χ0n) is 13.4. The maximum atomic E-state index is 4.26. The number of hydrogen-bond donors (Lipinski definition) is 1. The molecule has 0 amide bonds. The molecule has 1 aromatic rings. The topological polar surface area (TPSA) is 29.9 Å². The fraction of sp³-hybridized carbons (Fsp3) is 0.812. The summed E-state index contributed by atoms with van der Waals surface area (Å²) in [6.45, 7) is 11.4. The lowest BCUT2D eigenvalue weighted by Crippen LogP contribution is -2.35. The number of rotatable bonds is 9. The molecule has 3 nitrogen and oxygen atoms in total. The summed E-state index contributed by atoms with van der Waals surface area (Å²) in [6, 6.07) is 2.14. The summed E-state index contributed by atoms with van der Waals surface area (Å²) in [7, 11) is 2.03. The molecule has 0 radical (unpaired) electrons. The van der Waals surface area contributed by atoms with Gasteiger partial charge in [0, 0.05) is 25.5 Å². The van der Waals surface area contributed by atoms with E-state index in [1.54, 1.807) is 0 Å². The van der Waals surface area contributed by atoms with Crippen molar-refractivity contribution in [3.05, 3.63) is 18.0 Å². The van der Waals surface area contributed by atoms with E-state index in [0.29, 0.717) is 5.41 Å². The molecule has 0 spiro atoms. The Labute approximate surface area is 118 Å². The molecule has 0 saturated heterocycles. The van der Waals surface area contributed by atoms with Crippen LogP contribution in [0.15, 0.2) is 12.3 Å². The van der Waals surface area contributed by atoms with E-state index in [9.17, 15) is 0 Å². The second-order valence-corrected chi connectivity index (χ2v) is 6.18. The molecule has 0 saturated carbocycles. The minimum atomic E-state index is 0.430. The van der Waals surface area contributed by atoms with Crippen molar-refractivity contribution in [3.63, 3.8) is 0 Å². The van der Waals surface area contributed by atoms with Crippen molar-refractivity contribution >= 4 is 0 Å². The quantitative estimate of drug-likeness (QED) is 0.741. The summed E-state index contributed by atoms with van der Waals surface area (Å²) >= 11 is 0. The van der Waals surface area contributed by atoms with E-state index in [-0.39, 0.29) is 0 Å². The lowest BCUT2D eigenvalue weighted by molar-refractivity contribution is 0.224.